The molecule has 0 aromatic carbocycles. The Hall–Kier alpha value is -0.610. The molecule has 1 saturated carbocycles. The summed E-state index contributed by atoms with van der Waals surface area (Å²) in [5.74, 6) is 1.29. The van der Waals surface area contributed by atoms with E-state index in [1.165, 1.54) is 12.8 Å². The monoisotopic (exact) mass is 279 g/mol. The summed E-state index contributed by atoms with van der Waals surface area (Å²) in [5, 5.41) is 0. The van der Waals surface area contributed by atoms with Crippen molar-refractivity contribution in [2.24, 2.45) is 23.7 Å². The Bertz CT molecular complexity index is 467. The Kier molecular flexibility index (Phi) is 2.47. The zero-order valence-electron chi connectivity index (χ0n) is 12.9. The molecular formula is C16H25NO3. The standard InChI is InChI=1S/C16H25NO3/c1-9-5-6-12-10(2)13(18)17(4)14-16(12)11(9)7-8-15(3,19-14)20-16/h9-12,14H,5-8H2,1-4H3/t9-,10-,11+,12+,14-,15-,16-/m1/s1. The predicted molar refractivity (Wildman–Crippen MR) is 73.6 cm³/mol. The number of carbonyl (C=O) groups excluding carboxylic acids is 1. The van der Waals surface area contributed by atoms with Crippen molar-refractivity contribution in [3.63, 3.8) is 0 Å². The van der Waals surface area contributed by atoms with Crippen LogP contribution in [-0.4, -0.2) is 35.5 Å². The van der Waals surface area contributed by atoms with Crippen molar-refractivity contribution in [2.45, 2.75) is 64.1 Å². The minimum absolute atomic E-state index is 0.0512. The Morgan fingerprint density at radius 3 is 2.70 bits per heavy atom. The highest BCUT2D eigenvalue weighted by molar-refractivity contribution is 5.80. The van der Waals surface area contributed by atoms with E-state index >= 15 is 0 Å². The highest BCUT2D eigenvalue weighted by Crippen LogP contribution is 2.62. The first-order valence-electron chi connectivity index (χ1n) is 8.04. The van der Waals surface area contributed by atoms with Crippen LogP contribution in [0.3, 0.4) is 0 Å². The van der Waals surface area contributed by atoms with Crippen molar-refractivity contribution < 1.29 is 14.3 Å². The molecule has 1 aliphatic carbocycles. The van der Waals surface area contributed by atoms with E-state index < -0.39 is 5.79 Å². The Morgan fingerprint density at radius 1 is 1.20 bits per heavy atom. The van der Waals surface area contributed by atoms with Gasteiger partial charge in [-0.2, -0.15) is 0 Å². The van der Waals surface area contributed by atoms with Gasteiger partial charge in [-0.25, -0.2) is 0 Å². The second kappa shape index (κ2) is 3.77. The van der Waals surface area contributed by atoms with Crippen molar-refractivity contribution in [1.29, 1.82) is 0 Å². The summed E-state index contributed by atoms with van der Waals surface area (Å²) in [5.41, 5.74) is -0.257. The Labute approximate surface area is 120 Å². The lowest BCUT2D eigenvalue weighted by molar-refractivity contribution is -0.254. The smallest absolute Gasteiger partial charge is 0.227 e. The molecule has 4 nitrogen and oxygen atoms in total. The Balaban J connectivity index is 1.87. The van der Waals surface area contributed by atoms with E-state index in [-0.39, 0.29) is 23.7 Å². The lowest BCUT2D eigenvalue weighted by Gasteiger charge is -2.58. The van der Waals surface area contributed by atoms with Crippen molar-refractivity contribution in [3.05, 3.63) is 0 Å². The van der Waals surface area contributed by atoms with Crippen LogP contribution in [0.25, 0.3) is 0 Å². The summed E-state index contributed by atoms with van der Waals surface area (Å²) in [6.45, 7) is 6.48. The van der Waals surface area contributed by atoms with Gasteiger partial charge >= 0.3 is 0 Å². The number of hydrogen-bond acceptors (Lipinski definition) is 3. The zero-order chi connectivity index (χ0) is 14.3. The van der Waals surface area contributed by atoms with Gasteiger partial charge in [0.1, 0.15) is 5.60 Å². The van der Waals surface area contributed by atoms with Gasteiger partial charge in [0, 0.05) is 25.3 Å². The molecule has 0 N–H and O–H groups in total. The molecule has 0 unspecified atom stereocenters. The molecule has 1 spiro atoms. The second-order valence-corrected chi connectivity index (χ2v) is 7.60. The normalized spacial score (nSPS) is 57.7. The number of carbonyl (C=O) groups is 1. The zero-order valence-corrected chi connectivity index (χ0v) is 12.9. The fourth-order valence-electron chi connectivity index (χ4n) is 5.55. The van der Waals surface area contributed by atoms with Gasteiger partial charge in [-0.05, 0) is 38.0 Å². The molecule has 0 radical (unpaired) electrons. The topological polar surface area (TPSA) is 38.8 Å². The van der Waals surface area contributed by atoms with Crippen LogP contribution in [0.5, 0.6) is 0 Å². The van der Waals surface area contributed by atoms with E-state index in [0.29, 0.717) is 17.8 Å². The number of likely N-dealkylation sites (N-methyl/N-ethyl adjacent to an activating group) is 1. The number of nitrogens with zero attached hydrogens (tertiary/aromatic N) is 1. The van der Waals surface area contributed by atoms with Crippen LogP contribution in [0.15, 0.2) is 0 Å². The highest BCUT2D eigenvalue weighted by atomic mass is 16.8. The van der Waals surface area contributed by atoms with Gasteiger partial charge in [0.2, 0.25) is 5.91 Å². The summed E-state index contributed by atoms with van der Waals surface area (Å²) in [6, 6.07) is 0. The van der Waals surface area contributed by atoms with E-state index in [4.69, 9.17) is 9.47 Å². The third-order valence-corrected chi connectivity index (χ3v) is 6.52. The number of rotatable bonds is 0. The van der Waals surface area contributed by atoms with Crippen LogP contribution in [0.2, 0.25) is 0 Å². The van der Waals surface area contributed by atoms with Crippen molar-refractivity contribution in [3.8, 4) is 0 Å². The number of fused-ring (bicyclic) bond motifs is 1. The predicted octanol–water partition coefficient (Wildman–Crippen LogP) is 2.38. The first-order chi connectivity index (χ1) is 9.39. The molecule has 112 valence electrons. The van der Waals surface area contributed by atoms with Gasteiger partial charge in [0.15, 0.2) is 12.0 Å². The SMILES string of the molecule is C[C@@H]1CC[C@H]2[C@@H](C)C(=O)N(C)[C@@H]3O[C@@]4(C)CC[C@@H]1[C@@]23O4. The van der Waals surface area contributed by atoms with Crippen LogP contribution in [0.1, 0.15) is 46.5 Å². The molecule has 3 heterocycles. The molecule has 4 fully saturated rings. The summed E-state index contributed by atoms with van der Waals surface area (Å²) in [6.07, 6.45) is 4.24. The summed E-state index contributed by atoms with van der Waals surface area (Å²) >= 11 is 0. The van der Waals surface area contributed by atoms with E-state index in [1.807, 2.05) is 11.9 Å². The first-order valence-corrected chi connectivity index (χ1v) is 8.04. The number of piperidine rings is 1. The third kappa shape index (κ3) is 1.32. The number of ether oxygens (including phenoxy) is 2. The molecule has 0 aromatic rings. The van der Waals surface area contributed by atoms with Gasteiger partial charge in [-0.1, -0.05) is 13.8 Å². The van der Waals surface area contributed by atoms with Crippen LogP contribution < -0.4 is 0 Å². The fraction of sp³-hybridized carbons (Fsp3) is 0.938. The second-order valence-electron chi connectivity index (χ2n) is 7.60. The van der Waals surface area contributed by atoms with E-state index in [0.717, 1.165) is 12.8 Å². The van der Waals surface area contributed by atoms with Crippen molar-refractivity contribution >= 4 is 5.91 Å². The molecule has 4 heteroatoms. The maximum Gasteiger partial charge on any atom is 0.227 e. The van der Waals surface area contributed by atoms with Gasteiger partial charge in [-0.3, -0.25) is 4.79 Å². The maximum atomic E-state index is 12.5. The minimum Gasteiger partial charge on any atom is -0.338 e. The first kappa shape index (κ1) is 13.1. The average Bonchev–Trinajstić information content (AvgIpc) is 2.63. The molecule has 3 aliphatic heterocycles. The summed E-state index contributed by atoms with van der Waals surface area (Å²) < 4.78 is 12.9. The quantitative estimate of drug-likeness (QED) is 0.683. The number of hydrogen-bond donors (Lipinski definition) is 0. The fourth-order valence-corrected chi connectivity index (χ4v) is 5.55. The molecule has 20 heavy (non-hydrogen) atoms. The van der Waals surface area contributed by atoms with Crippen LogP contribution in [0.4, 0.5) is 0 Å². The molecule has 7 atom stereocenters. The van der Waals surface area contributed by atoms with Crippen molar-refractivity contribution in [1.82, 2.24) is 4.90 Å². The van der Waals surface area contributed by atoms with Gasteiger partial charge in [-0.15, -0.1) is 0 Å². The third-order valence-electron chi connectivity index (χ3n) is 6.52. The Morgan fingerprint density at radius 2 is 1.95 bits per heavy atom. The van der Waals surface area contributed by atoms with Crippen LogP contribution >= 0.6 is 0 Å². The molecule has 2 bridgehead atoms. The lowest BCUT2D eigenvalue weighted by atomic mass is 9.56. The maximum absolute atomic E-state index is 12.5. The van der Waals surface area contributed by atoms with Crippen LogP contribution in [0, 0.1) is 23.7 Å². The van der Waals surface area contributed by atoms with Gasteiger partial charge in [0.05, 0.1) is 0 Å². The summed E-state index contributed by atoms with van der Waals surface area (Å²) in [7, 11) is 1.89. The molecule has 1 amide bonds. The largest absolute Gasteiger partial charge is 0.338 e. The van der Waals surface area contributed by atoms with Gasteiger partial charge < -0.3 is 14.4 Å². The van der Waals surface area contributed by atoms with E-state index in [1.54, 1.807) is 0 Å². The molecule has 0 aromatic heterocycles. The van der Waals surface area contributed by atoms with Gasteiger partial charge in [0.25, 0.3) is 0 Å². The summed E-state index contributed by atoms with van der Waals surface area (Å²) in [4.78, 5) is 14.4. The van der Waals surface area contributed by atoms with Crippen molar-refractivity contribution in [2.75, 3.05) is 7.05 Å². The van der Waals surface area contributed by atoms with Crippen LogP contribution in [-0.2, 0) is 14.3 Å². The average molecular weight is 279 g/mol. The highest BCUT2D eigenvalue weighted by Gasteiger charge is 2.72. The number of amides is 1. The molecule has 3 saturated heterocycles. The molecule has 4 aliphatic rings. The lowest BCUT2D eigenvalue weighted by Crippen LogP contribution is -2.69. The number of likely N-dealkylation sites (tertiary alicyclic amines) is 1. The minimum atomic E-state index is -0.491. The van der Waals surface area contributed by atoms with E-state index in [9.17, 15) is 4.79 Å². The molecule has 4 rings (SSSR count). The van der Waals surface area contributed by atoms with E-state index in [2.05, 4.69) is 20.8 Å². The molecular weight excluding hydrogens is 254 g/mol.